The molecule has 1 heterocycles. The summed E-state index contributed by atoms with van der Waals surface area (Å²) >= 11 is 13.1. The van der Waals surface area contributed by atoms with Crippen molar-refractivity contribution in [2.45, 2.75) is 18.4 Å². The summed E-state index contributed by atoms with van der Waals surface area (Å²) in [4.78, 5) is 17.7. The molecule has 0 unspecified atom stereocenters. The molecule has 0 radical (unpaired) electrons. The van der Waals surface area contributed by atoms with Crippen LogP contribution in [0, 0.1) is 0 Å². The molecule has 0 bridgehead atoms. The number of hydrogen-bond donors (Lipinski definition) is 1. The number of nitrogens with one attached hydrogen (secondary N) is 1. The number of nitrogens with zero attached hydrogens (tertiary/aromatic N) is 2. The number of benzene rings is 2. The smallest absolute Gasteiger partial charge is 0.259 e. The van der Waals surface area contributed by atoms with Gasteiger partial charge in [-0.25, -0.2) is 9.79 Å². The lowest BCUT2D eigenvalue weighted by atomic mass is 10.1. The Balaban J connectivity index is 1.85. The average Bonchev–Trinajstić information content (AvgIpc) is 3.29. The maximum atomic E-state index is 12.4. The van der Waals surface area contributed by atoms with Crippen LogP contribution >= 0.6 is 34.7 Å². The van der Waals surface area contributed by atoms with Gasteiger partial charge in [-0.2, -0.15) is 0 Å². The Hall–Kier alpha value is -1.82. The molecule has 1 aliphatic carbocycles. The zero-order chi connectivity index (χ0) is 16.7. The first-order valence-electron chi connectivity index (χ1n) is 7.46. The van der Waals surface area contributed by atoms with Crippen molar-refractivity contribution < 1.29 is 0 Å². The molecular formula is C17H13Cl2N3OS. The van der Waals surface area contributed by atoms with E-state index in [1.54, 1.807) is 16.7 Å². The molecule has 2 aromatic carbocycles. The molecule has 4 rings (SSSR count). The van der Waals surface area contributed by atoms with Gasteiger partial charge in [0.2, 0.25) is 4.80 Å². The van der Waals surface area contributed by atoms with Gasteiger partial charge in [0.25, 0.3) is 0 Å². The second-order valence-corrected chi connectivity index (χ2v) is 7.40. The van der Waals surface area contributed by atoms with Crippen LogP contribution in [0.1, 0.15) is 18.4 Å². The van der Waals surface area contributed by atoms with E-state index in [1.165, 1.54) is 11.5 Å². The van der Waals surface area contributed by atoms with E-state index in [0.29, 0.717) is 14.8 Å². The van der Waals surface area contributed by atoms with Gasteiger partial charge in [-0.3, -0.25) is 8.94 Å². The Labute approximate surface area is 152 Å². The molecule has 24 heavy (non-hydrogen) atoms. The molecule has 0 atom stereocenters. The third-order valence-corrected chi connectivity index (χ3v) is 5.45. The van der Waals surface area contributed by atoms with Gasteiger partial charge in [-0.15, -0.1) is 0 Å². The minimum absolute atomic E-state index is 0.139. The van der Waals surface area contributed by atoms with Crippen molar-refractivity contribution in [2.24, 2.45) is 4.99 Å². The normalized spacial score (nSPS) is 16.3. The largest absolute Gasteiger partial charge is 0.337 e. The summed E-state index contributed by atoms with van der Waals surface area (Å²) in [5, 5.41) is 1.34. The Morgan fingerprint density at radius 3 is 2.17 bits per heavy atom. The van der Waals surface area contributed by atoms with Crippen LogP contribution in [0.5, 0.6) is 0 Å². The lowest BCUT2D eigenvalue weighted by molar-refractivity contribution is 0.535. The van der Waals surface area contributed by atoms with Gasteiger partial charge in [-0.05, 0) is 66.3 Å². The van der Waals surface area contributed by atoms with Crippen molar-refractivity contribution in [3.63, 3.8) is 0 Å². The highest BCUT2D eigenvalue weighted by Gasteiger charge is 2.48. The quantitative estimate of drug-likeness (QED) is 0.725. The monoisotopic (exact) mass is 377 g/mol. The molecule has 1 N–H and O–H groups in total. The first-order valence-corrected chi connectivity index (χ1v) is 9.03. The fourth-order valence-electron chi connectivity index (χ4n) is 2.86. The van der Waals surface area contributed by atoms with Gasteiger partial charge in [0.15, 0.2) is 0 Å². The molecule has 0 spiro atoms. The van der Waals surface area contributed by atoms with Gasteiger partial charge in [-0.1, -0.05) is 35.3 Å². The van der Waals surface area contributed by atoms with Crippen LogP contribution in [0.25, 0.3) is 0 Å². The van der Waals surface area contributed by atoms with Gasteiger partial charge in [0.1, 0.15) is 0 Å². The predicted molar refractivity (Wildman–Crippen MR) is 97.4 cm³/mol. The number of halogens is 2. The zero-order valence-corrected chi connectivity index (χ0v) is 14.8. The molecule has 0 saturated heterocycles. The fourth-order valence-corrected chi connectivity index (χ4v) is 3.89. The molecular weight excluding hydrogens is 365 g/mol. The van der Waals surface area contributed by atoms with Crippen molar-refractivity contribution in [3.8, 4) is 0 Å². The Kier molecular flexibility index (Phi) is 3.87. The van der Waals surface area contributed by atoms with E-state index in [2.05, 4.69) is 9.37 Å². The van der Waals surface area contributed by atoms with Gasteiger partial charge in [0.05, 0.1) is 11.2 Å². The summed E-state index contributed by atoms with van der Waals surface area (Å²) in [6.45, 7) is 0. The van der Waals surface area contributed by atoms with Crippen LogP contribution in [0.15, 0.2) is 58.3 Å². The standard InChI is InChI=1S/C17H13Cl2N3OS/c18-12-3-1-11(2-4-12)17(9-10-17)22-15(23)21-24-16(22)20-14-7-5-13(19)6-8-14/h1-8H,9-10H2,(H,21,23)/b20-16-. The van der Waals surface area contributed by atoms with Gasteiger partial charge in [0, 0.05) is 10.0 Å². The van der Waals surface area contributed by atoms with Crippen molar-refractivity contribution in [1.29, 1.82) is 0 Å². The number of rotatable bonds is 3. The van der Waals surface area contributed by atoms with Crippen LogP contribution in [0.4, 0.5) is 5.69 Å². The van der Waals surface area contributed by atoms with E-state index >= 15 is 0 Å². The third-order valence-electron chi connectivity index (χ3n) is 4.21. The van der Waals surface area contributed by atoms with Crippen molar-refractivity contribution in [2.75, 3.05) is 0 Å². The summed E-state index contributed by atoms with van der Waals surface area (Å²) in [6, 6.07) is 14.9. The highest BCUT2D eigenvalue weighted by molar-refractivity contribution is 7.02. The number of aromatic amines is 1. The summed E-state index contributed by atoms with van der Waals surface area (Å²) in [5.41, 5.74) is 1.37. The molecule has 0 aliphatic heterocycles. The van der Waals surface area contributed by atoms with E-state index in [1.807, 2.05) is 36.4 Å². The van der Waals surface area contributed by atoms with E-state index in [9.17, 15) is 4.79 Å². The highest BCUT2D eigenvalue weighted by atomic mass is 35.5. The van der Waals surface area contributed by atoms with E-state index < -0.39 is 0 Å². The predicted octanol–water partition coefficient (Wildman–Crippen LogP) is 4.31. The molecule has 1 aromatic heterocycles. The van der Waals surface area contributed by atoms with Crippen molar-refractivity contribution in [3.05, 3.63) is 79.4 Å². The molecule has 1 aliphatic rings. The molecule has 1 fully saturated rings. The number of aromatic nitrogens is 2. The van der Waals surface area contributed by atoms with Crippen LogP contribution < -0.4 is 10.5 Å². The lowest BCUT2D eigenvalue weighted by Crippen LogP contribution is -2.37. The summed E-state index contributed by atoms with van der Waals surface area (Å²) in [6.07, 6.45) is 1.81. The van der Waals surface area contributed by atoms with Crippen LogP contribution in [-0.4, -0.2) is 8.94 Å². The zero-order valence-electron chi connectivity index (χ0n) is 12.5. The topological polar surface area (TPSA) is 50.1 Å². The molecule has 122 valence electrons. The second kappa shape index (κ2) is 5.92. The van der Waals surface area contributed by atoms with Crippen LogP contribution in [0.2, 0.25) is 10.0 Å². The van der Waals surface area contributed by atoms with Crippen molar-refractivity contribution >= 4 is 40.4 Å². The molecule has 4 nitrogen and oxygen atoms in total. The summed E-state index contributed by atoms with van der Waals surface area (Å²) in [7, 11) is 0. The van der Waals surface area contributed by atoms with E-state index in [0.717, 1.165) is 24.1 Å². The maximum absolute atomic E-state index is 12.4. The molecule has 0 amide bonds. The number of H-pyrrole nitrogens is 1. The maximum Gasteiger partial charge on any atom is 0.337 e. The molecule has 1 saturated carbocycles. The van der Waals surface area contributed by atoms with E-state index in [4.69, 9.17) is 23.2 Å². The lowest BCUT2D eigenvalue weighted by Gasteiger charge is -2.16. The number of hydrogen-bond acceptors (Lipinski definition) is 3. The second-order valence-electron chi connectivity index (χ2n) is 5.75. The highest BCUT2D eigenvalue weighted by Crippen LogP contribution is 2.48. The molecule has 3 aromatic rings. The molecule has 7 heteroatoms. The first-order chi connectivity index (χ1) is 11.6. The summed E-state index contributed by atoms with van der Waals surface area (Å²) < 4.78 is 4.56. The van der Waals surface area contributed by atoms with E-state index in [-0.39, 0.29) is 11.2 Å². The Bertz CT molecular complexity index is 996. The Morgan fingerprint density at radius 2 is 1.58 bits per heavy atom. The van der Waals surface area contributed by atoms with Crippen LogP contribution in [-0.2, 0) is 5.54 Å². The van der Waals surface area contributed by atoms with Crippen LogP contribution in [0.3, 0.4) is 0 Å². The third kappa shape index (κ3) is 2.73. The Morgan fingerprint density at radius 1 is 1.00 bits per heavy atom. The fraction of sp³-hybridized carbons (Fsp3) is 0.176. The average molecular weight is 378 g/mol. The minimum Gasteiger partial charge on any atom is -0.259 e. The summed E-state index contributed by atoms with van der Waals surface area (Å²) in [5.74, 6) is 0. The first kappa shape index (κ1) is 15.7. The van der Waals surface area contributed by atoms with Gasteiger partial charge >= 0.3 is 5.69 Å². The van der Waals surface area contributed by atoms with Gasteiger partial charge < -0.3 is 0 Å². The van der Waals surface area contributed by atoms with Crippen molar-refractivity contribution in [1.82, 2.24) is 8.94 Å². The minimum atomic E-state index is -0.330. The SMILES string of the molecule is O=c1[nH]s/c(=N\c2ccc(Cl)cc2)n1C1(c2ccc(Cl)cc2)CC1.